The fraction of sp³-hybridized carbons (Fsp3) is 0.294. The van der Waals surface area contributed by atoms with E-state index in [0.717, 1.165) is 58.7 Å². The number of hydrazine groups is 2. The van der Waals surface area contributed by atoms with Crippen LogP contribution in [0, 0.1) is 6.92 Å². The lowest BCUT2D eigenvalue weighted by atomic mass is 9.86. The number of nitrogens with zero attached hydrogens (tertiary/aromatic N) is 3. The highest BCUT2D eigenvalue weighted by atomic mass is 32.2. The van der Waals surface area contributed by atoms with E-state index in [9.17, 15) is 13.2 Å². The zero-order valence-corrected chi connectivity index (χ0v) is 28.5. The maximum atomic E-state index is 13.7. The number of aryl methyl sites for hydroxylation is 1. The van der Waals surface area contributed by atoms with Crippen molar-refractivity contribution < 1.29 is 17.9 Å². The first-order valence-electron chi connectivity index (χ1n) is 15.2. The number of benzene rings is 3. The topological polar surface area (TPSA) is 142 Å². The van der Waals surface area contributed by atoms with Gasteiger partial charge < -0.3 is 20.8 Å². The van der Waals surface area contributed by atoms with Gasteiger partial charge in [-0.2, -0.15) is 5.10 Å². The summed E-state index contributed by atoms with van der Waals surface area (Å²) in [6.45, 7) is 8.76. The molecule has 13 heteroatoms. The van der Waals surface area contributed by atoms with Crippen molar-refractivity contribution in [3.8, 4) is 11.4 Å². The molecule has 0 saturated carbocycles. The smallest absolute Gasteiger partial charge is 0.255 e. The Bertz CT molecular complexity index is 1910. The van der Waals surface area contributed by atoms with E-state index in [0.29, 0.717) is 11.3 Å². The Balaban J connectivity index is 1.46. The highest BCUT2D eigenvalue weighted by Crippen LogP contribution is 2.39. The zero-order valence-electron chi connectivity index (χ0n) is 27.7. The average molecular weight is 659 g/mol. The summed E-state index contributed by atoms with van der Waals surface area (Å²) in [5.74, 6) is -0.164. The number of hydrogen-bond donors (Lipinski definition) is 5. The Kier molecular flexibility index (Phi) is 9.61. The highest BCUT2D eigenvalue weighted by Gasteiger charge is 2.25. The van der Waals surface area contributed by atoms with Gasteiger partial charge in [0.05, 0.1) is 53.7 Å². The SMILES string of the molecule is CNCCc1c(C2=CN(c3cc(C(=O)Nc4cc(C(C)(C)C)cc(NS(C)(=O)=O)c4OC)ccc3C)NN2)cnn1-c1ccccc1. The molecule has 0 bridgehead atoms. The molecule has 1 aromatic heterocycles. The highest BCUT2D eigenvalue weighted by molar-refractivity contribution is 7.92. The Labute approximate surface area is 276 Å². The summed E-state index contributed by atoms with van der Waals surface area (Å²) in [5.41, 5.74) is 13.5. The summed E-state index contributed by atoms with van der Waals surface area (Å²) in [7, 11) is -0.251. The molecule has 4 aromatic rings. The second-order valence-corrected chi connectivity index (χ2v) is 14.2. The first kappa shape index (κ1) is 33.5. The number of nitrogens with one attached hydrogen (secondary N) is 5. The third-order valence-electron chi connectivity index (χ3n) is 7.77. The lowest BCUT2D eigenvalue weighted by Gasteiger charge is -2.24. The molecule has 0 fully saturated rings. The number of hydrogen-bond acceptors (Lipinski definition) is 9. The van der Waals surface area contributed by atoms with Gasteiger partial charge in [-0.15, -0.1) is 5.53 Å². The summed E-state index contributed by atoms with van der Waals surface area (Å²) >= 11 is 0. The number of likely N-dealkylation sites (N-methyl/N-ethyl adjacent to an activating group) is 1. The van der Waals surface area contributed by atoms with E-state index in [-0.39, 0.29) is 22.8 Å². The summed E-state index contributed by atoms with van der Waals surface area (Å²) < 4.78 is 34.3. The second kappa shape index (κ2) is 13.5. The van der Waals surface area contributed by atoms with Crippen molar-refractivity contribution in [3.05, 3.63) is 101 Å². The summed E-state index contributed by atoms with van der Waals surface area (Å²) in [4.78, 5) is 13.7. The predicted molar refractivity (Wildman–Crippen MR) is 187 cm³/mol. The van der Waals surface area contributed by atoms with E-state index < -0.39 is 10.0 Å². The van der Waals surface area contributed by atoms with Crippen LogP contribution in [-0.4, -0.2) is 51.1 Å². The summed E-state index contributed by atoms with van der Waals surface area (Å²) in [6.07, 6.45) is 5.63. The van der Waals surface area contributed by atoms with Crippen LogP contribution < -0.4 is 36.1 Å². The van der Waals surface area contributed by atoms with Crippen molar-refractivity contribution >= 4 is 38.7 Å². The number of aromatic nitrogens is 2. The Morgan fingerprint density at radius 2 is 1.77 bits per heavy atom. The standard InChI is InChI=1S/C34H42N8O4S/c1-22-13-14-23(33(43)37-27-18-24(34(2,3)4)19-28(32(27)46-6)39-47(7,44)45)17-31(22)41-21-29(38-40-41)26-20-36-42(30(26)15-16-35-5)25-11-9-8-10-12-25/h8-14,17-21,35,38-40H,15-16H2,1-7H3,(H,37,43). The van der Waals surface area contributed by atoms with Gasteiger partial charge in [-0.05, 0) is 66.9 Å². The van der Waals surface area contributed by atoms with E-state index in [2.05, 4.69) is 26.3 Å². The van der Waals surface area contributed by atoms with Gasteiger partial charge in [-0.3, -0.25) is 14.5 Å². The molecule has 1 aliphatic rings. The van der Waals surface area contributed by atoms with Crippen molar-refractivity contribution in [3.63, 3.8) is 0 Å². The fourth-order valence-electron chi connectivity index (χ4n) is 5.31. The van der Waals surface area contributed by atoms with Gasteiger partial charge >= 0.3 is 0 Å². The van der Waals surface area contributed by atoms with E-state index in [1.165, 1.54) is 7.11 Å². The predicted octanol–water partition coefficient (Wildman–Crippen LogP) is 4.70. The van der Waals surface area contributed by atoms with Crippen LogP contribution in [-0.2, 0) is 21.9 Å². The molecule has 0 aliphatic carbocycles. The van der Waals surface area contributed by atoms with Crippen LogP contribution in [0.2, 0.25) is 0 Å². The van der Waals surface area contributed by atoms with Crippen molar-refractivity contribution in [1.29, 1.82) is 0 Å². The first-order chi connectivity index (χ1) is 22.3. The third kappa shape index (κ3) is 7.59. The molecule has 0 saturated heterocycles. The van der Waals surface area contributed by atoms with Crippen molar-refractivity contribution in [2.24, 2.45) is 0 Å². The minimum absolute atomic E-state index is 0.215. The Hall–Kier alpha value is -4.85. The molecule has 0 radical (unpaired) electrons. The zero-order chi connectivity index (χ0) is 33.9. The molecule has 0 spiro atoms. The maximum Gasteiger partial charge on any atom is 0.255 e. The minimum atomic E-state index is -3.61. The summed E-state index contributed by atoms with van der Waals surface area (Å²) in [5, 5.41) is 12.7. The Morgan fingerprint density at radius 1 is 1.04 bits per heavy atom. The number of rotatable bonds is 11. The van der Waals surface area contributed by atoms with E-state index in [1.54, 1.807) is 18.2 Å². The second-order valence-electron chi connectivity index (χ2n) is 12.4. The van der Waals surface area contributed by atoms with Crippen LogP contribution in [0.5, 0.6) is 5.75 Å². The molecule has 1 amide bonds. The molecule has 5 N–H and O–H groups in total. The maximum absolute atomic E-state index is 13.7. The number of carbonyl (C=O) groups is 1. The Morgan fingerprint density at radius 3 is 2.43 bits per heavy atom. The number of anilines is 3. The van der Waals surface area contributed by atoms with Gasteiger partial charge in [0.25, 0.3) is 5.91 Å². The van der Waals surface area contributed by atoms with E-state index >= 15 is 0 Å². The number of carbonyl (C=O) groups excluding carboxylic acids is 1. The monoisotopic (exact) mass is 658 g/mol. The number of amides is 1. The molecule has 2 heterocycles. The summed E-state index contributed by atoms with van der Waals surface area (Å²) in [6, 6.07) is 19.0. The number of sulfonamides is 1. The van der Waals surface area contributed by atoms with Gasteiger partial charge in [0.2, 0.25) is 10.0 Å². The van der Waals surface area contributed by atoms with Crippen LogP contribution in [0.25, 0.3) is 11.4 Å². The van der Waals surface area contributed by atoms with Gasteiger partial charge in [0, 0.05) is 30.3 Å². The van der Waals surface area contributed by atoms with E-state index in [4.69, 9.17) is 9.84 Å². The minimum Gasteiger partial charge on any atom is -0.492 e. The molecule has 1 aliphatic heterocycles. The van der Waals surface area contributed by atoms with Crippen molar-refractivity contribution in [2.75, 3.05) is 42.0 Å². The molecule has 3 aromatic carbocycles. The quantitative estimate of drug-likeness (QED) is 0.155. The largest absolute Gasteiger partial charge is 0.492 e. The molecule has 12 nitrogen and oxygen atoms in total. The molecule has 47 heavy (non-hydrogen) atoms. The van der Waals surface area contributed by atoms with Crippen molar-refractivity contribution in [2.45, 2.75) is 39.5 Å². The molecule has 0 atom stereocenters. The third-order valence-corrected chi connectivity index (χ3v) is 8.37. The molecule has 0 unspecified atom stereocenters. The number of ether oxygens (including phenoxy) is 1. The van der Waals surface area contributed by atoms with Gasteiger partial charge in [-0.1, -0.05) is 45.0 Å². The van der Waals surface area contributed by atoms with Crippen LogP contribution in [0.15, 0.2) is 73.1 Å². The normalized spacial score (nSPS) is 13.3. The van der Waals surface area contributed by atoms with Gasteiger partial charge in [-0.25, -0.2) is 13.1 Å². The van der Waals surface area contributed by atoms with Crippen molar-refractivity contribution in [1.82, 2.24) is 26.1 Å². The average Bonchev–Trinajstić information content (AvgIpc) is 3.67. The van der Waals surface area contributed by atoms with Crippen LogP contribution in [0.4, 0.5) is 17.1 Å². The molecule has 5 rings (SSSR count). The molecular weight excluding hydrogens is 616 g/mol. The van der Waals surface area contributed by atoms with Gasteiger partial charge in [0.1, 0.15) is 0 Å². The first-order valence-corrected chi connectivity index (χ1v) is 17.1. The number of para-hydroxylation sites is 1. The molecule has 248 valence electrons. The lowest BCUT2D eigenvalue weighted by molar-refractivity contribution is 0.102. The lowest BCUT2D eigenvalue weighted by Crippen LogP contribution is -2.36. The van der Waals surface area contributed by atoms with Gasteiger partial charge in [0.15, 0.2) is 5.75 Å². The molecular formula is C34H42N8O4S. The van der Waals surface area contributed by atoms with E-state index in [1.807, 2.05) is 99.3 Å². The fourth-order valence-corrected chi connectivity index (χ4v) is 5.86. The van der Waals surface area contributed by atoms with Crippen LogP contribution in [0.3, 0.4) is 0 Å². The van der Waals surface area contributed by atoms with Crippen LogP contribution in [0.1, 0.15) is 53.5 Å². The number of methoxy groups -OCH3 is 1. The van der Waals surface area contributed by atoms with Crippen LogP contribution >= 0.6 is 0 Å².